The summed E-state index contributed by atoms with van der Waals surface area (Å²) in [4.78, 5) is 13.7. The minimum absolute atomic E-state index is 0.0406. The Labute approximate surface area is 104 Å². The van der Waals surface area contributed by atoms with E-state index in [1.54, 1.807) is 4.90 Å². The number of hydrogen-bond acceptors (Lipinski definition) is 2. The van der Waals surface area contributed by atoms with Gasteiger partial charge in [0.2, 0.25) is 5.91 Å². The van der Waals surface area contributed by atoms with E-state index >= 15 is 0 Å². The molecule has 4 heteroatoms. The highest BCUT2D eigenvalue weighted by Crippen LogP contribution is 2.19. The highest BCUT2D eigenvalue weighted by atomic mass is 16.2. The van der Waals surface area contributed by atoms with E-state index in [4.69, 9.17) is 0 Å². The maximum Gasteiger partial charge on any atom is 0.223 e. The molecule has 1 aromatic rings. The van der Waals surface area contributed by atoms with Gasteiger partial charge in [-0.2, -0.15) is 5.10 Å². The predicted octanol–water partition coefficient (Wildman–Crippen LogP) is 2.30. The molecule has 1 heterocycles. The van der Waals surface area contributed by atoms with E-state index in [-0.39, 0.29) is 11.3 Å². The Hall–Kier alpha value is -1.32. The number of nitrogens with zero attached hydrogens (tertiary/aromatic N) is 3. The first-order valence-corrected chi connectivity index (χ1v) is 6.07. The lowest BCUT2D eigenvalue weighted by molar-refractivity contribution is -0.132. The molecule has 0 aromatic carbocycles. The third-order valence-electron chi connectivity index (χ3n) is 2.54. The molecule has 0 unspecified atom stereocenters. The van der Waals surface area contributed by atoms with Crippen molar-refractivity contribution >= 4 is 5.91 Å². The quantitative estimate of drug-likeness (QED) is 0.806. The van der Waals surface area contributed by atoms with E-state index in [2.05, 4.69) is 25.9 Å². The van der Waals surface area contributed by atoms with Gasteiger partial charge in [-0.05, 0) is 12.3 Å². The van der Waals surface area contributed by atoms with Crippen molar-refractivity contribution in [3.8, 4) is 0 Å². The molecule has 0 N–H and O–H groups in total. The Kier molecular flexibility index (Phi) is 4.32. The van der Waals surface area contributed by atoms with Crippen LogP contribution in [0.5, 0.6) is 0 Å². The van der Waals surface area contributed by atoms with Crippen LogP contribution in [0.25, 0.3) is 0 Å². The van der Waals surface area contributed by atoms with Crippen molar-refractivity contribution in [2.24, 2.45) is 5.41 Å². The number of aryl methyl sites for hydroxylation is 1. The van der Waals surface area contributed by atoms with Crippen LogP contribution in [0, 0.1) is 5.41 Å². The molecule has 0 spiro atoms. The molecule has 17 heavy (non-hydrogen) atoms. The molecule has 0 aliphatic carbocycles. The second-order valence-corrected chi connectivity index (χ2v) is 5.69. The Bertz CT molecular complexity index is 376. The fraction of sp³-hybridized carbons (Fsp3) is 0.692. The number of amides is 1. The van der Waals surface area contributed by atoms with Crippen molar-refractivity contribution in [1.82, 2.24) is 14.7 Å². The van der Waals surface area contributed by atoms with Crippen LogP contribution in [-0.4, -0.2) is 27.6 Å². The molecule has 0 saturated carbocycles. The Morgan fingerprint density at radius 3 is 2.59 bits per heavy atom. The lowest BCUT2D eigenvalue weighted by Gasteiger charge is -2.22. The van der Waals surface area contributed by atoms with Gasteiger partial charge in [0.15, 0.2) is 0 Å². The summed E-state index contributed by atoms with van der Waals surface area (Å²) in [5.41, 5.74) is 1.12. The SMILES string of the molecule is CCn1cc(CN(C)C(=O)CC(C)(C)C)cn1. The minimum atomic E-state index is 0.0406. The second-order valence-electron chi connectivity index (χ2n) is 5.69. The molecule has 0 fully saturated rings. The summed E-state index contributed by atoms with van der Waals surface area (Å²) in [5.74, 6) is 0.182. The van der Waals surface area contributed by atoms with Crippen LogP contribution in [0.3, 0.4) is 0 Å². The highest BCUT2D eigenvalue weighted by Gasteiger charge is 2.19. The van der Waals surface area contributed by atoms with Gasteiger partial charge in [-0.3, -0.25) is 9.48 Å². The standard InChI is InChI=1S/C13H23N3O/c1-6-16-10-11(8-14-16)9-15(5)12(17)7-13(2,3)4/h8,10H,6-7,9H2,1-5H3. The van der Waals surface area contributed by atoms with E-state index in [0.717, 1.165) is 12.1 Å². The first kappa shape index (κ1) is 13.7. The lowest BCUT2D eigenvalue weighted by Crippen LogP contribution is -2.29. The number of hydrogen-bond donors (Lipinski definition) is 0. The van der Waals surface area contributed by atoms with Gasteiger partial charge >= 0.3 is 0 Å². The highest BCUT2D eigenvalue weighted by molar-refractivity contribution is 5.76. The fourth-order valence-electron chi connectivity index (χ4n) is 1.61. The number of carbonyl (C=O) groups is 1. The molecule has 1 amide bonds. The van der Waals surface area contributed by atoms with E-state index in [1.807, 2.05) is 31.0 Å². The summed E-state index contributed by atoms with van der Waals surface area (Å²) < 4.78 is 1.87. The molecule has 4 nitrogen and oxygen atoms in total. The van der Waals surface area contributed by atoms with Gasteiger partial charge in [0.1, 0.15) is 0 Å². The van der Waals surface area contributed by atoms with E-state index in [0.29, 0.717) is 13.0 Å². The van der Waals surface area contributed by atoms with Crippen LogP contribution in [0.2, 0.25) is 0 Å². The molecular weight excluding hydrogens is 214 g/mol. The molecule has 1 rings (SSSR count). The average molecular weight is 237 g/mol. The van der Waals surface area contributed by atoms with Gasteiger partial charge in [-0.15, -0.1) is 0 Å². The average Bonchev–Trinajstić information content (AvgIpc) is 2.62. The summed E-state index contributed by atoms with van der Waals surface area (Å²) in [6.45, 7) is 9.77. The van der Waals surface area contributed by atoms with Crippen molar-refractivity contribution in [3.63, 3.8) is 0 Å². The number of aromatic nitrogens is 2. The topological polar surface area (TPSA) is 38.1 Å². The zero-order valence-electron chi connectivity index (χ0n) is 11.5. The molecular formula is C13H23N3O. The van der Waals surface area contributed by atoms with E-state index in [9.17, 15) is 4.79 Å². The van der Waals surface area contributed by atoms with Gasteiger partial charge in [0.05, 0.1) is 6.20 Å². The maximum atomic E-state index is 11.9. The van der Waals surface area contributed by atoms with Crippen LogP contribution in [-0.2, 0) is 17.9 Å². The van der Waals surface area contributed by atoms with E-state index < -0.39 is 0 Å². The number of carbonyl (C=O) groups excluding carboxylic acids is 1. The van der Waals surface area contributed by atoms with Crippen molar-refractivity contribution < 1.29 is 4.79 Å². The van der Waals surface area contributed by atoms with Gasteiger partial charge in [0, 0.05) is 38.3 Å². The Morgan fingerprint density at radius 2 is 2.12 bits per heavy atom. The molecule has 1 aromatic heterocycles. The van der Waals surface area contributed by atoms with Crippen LogP contribution in [0.1, 0.15) is 39.7 Å². The largest absolute Gasteiger partial charge is 0.341 e. The van der Waals surface area contributed by atoms with Crippen LogP contribution < -0.4 is 0 Å². The number of rotatable bonds is 4. The monoisotopic (exact) mass is 237 g/mol. The van der Waals surface area contributed by atoms with Crippen LogP contribution in [0.15, 0.2) is 12.4 Å². The summed E-state index contributed by atoms with van der Waals surface area (Å²) in [6, 6.07) is 0. The zero-order valence-corrected chi connectivity index (χ0v) is 11.5. The van der Waals surface area contributed by atoms with Crippen molar-refractivity contribution in [2.45, 2.75) is 47.2 Å². The van der Waals surface area contributed by atoms with E-state index in [1.165, 1.54) is 0 Å². The molecule has 0 bridgehead atoms. The summed E-state index contributed by atoms with van der Waals surface area (Å²) in [5, 5.41) is 4.20. The van der Waals surface area contributed by atoms with Gasteiger partial charge in [-0.1, -0.05) is 20.8 Å². The molecule has 0 atom stereocenters. The first-order chi connectivity index (χ1) is 7.81. The first-order valence-electron chi connectivity index (χ1n) is 6.07. The summed E-state index contributed by atoms with van der Waals surface area (Å²) in [6.07, 6.45) is 4.39. The Morgan fingerprint density at radius 1 is 1.47 bits per heavy atom. The van der Waals surface area contributed by atoms with Crippen molar-refractivity contribution in [3.05, 3.63) is 18.0 Å². The van der Waals surface area contributed by atoms with Crippen molar-refractivity contribution in [2.75, 3.05) is 7.05 Å². The Balaban J connectivity index is 2.54. The molecule has 0 aliphatic heterocycles. The van der Waals surface area contributed by atoms with Crippen molar-refractivity contribution in [1.29, 1.82) is 0 Å². The normalized spacial score (nSPS) is 11.6. The zero-order chi connectivity index (χ0) is 13.1. The van der Waals surface area contributed by atoms with Gasteiger partial charge < -0.3 is 4.90 Å². The second kappa shape index (κ2) is 5.34. The smallest absolute Gasteiger partial charge is 0.223 e. The van der Waals surface area contributed by atoms with Gasteiger partial charge in [0.25, 0.3) is 0 Å². The molecule has 0 aliphatic rings. The lowest BCUT2D eigenvalue weighted by atomic mass is 9.91. The van der Waals surface area contributed by atoms with Crippen LogP contribution in [0.4, 0.5) is 0 Å². The maximum absolute atomic E-state index is 11.9. The third kappa shape index (κ3) is 4.59. The van der Waals surface area contributed by atoms with Crippen LogP contribution >= 0.6 is 0 Å². The predicted molar refractivity (Wildman–Crippen MR) is 68.4 cm³/mol. The molecule has 0 saturated heterocycles. The summed E-state index contributed by atoms with van der Waals surface area (Å²) in [7, 11) is 1.84. The summed E-state index contributed by atoms with van der Waals surface area (Å²) >= 11 is 0. The molecule has 96 valence electrons. The molecule has 0 radical (unpaired) electrons. The fourth-order valence-corrected chi connectivity index (χ4v) is 1.61. The minimum Gasteiger partial charge on any atom is -0.341 e. The third-order valence-corrected chi connectivity index (χ3v) is 2.54. The van der Waals surface area contributed by atoms with Gasteiger partial charge in [-0.25, -0.2) is 0 Å².